The van der Waals surface area contributed by atoms with Gasteiger partial charge < -0.3 is 25.0 Å². The predicted octanol–water partition coefficient (Wildman–Crippen LogP) is 8.55. The number of nitrogens with two attached hydrogens (primary N) is 1. The second kappa shape index (κ2) is 28.4. The number of piperidine rings is 2. The first-order chi connectivity index (χ1) is 24.5. The van der Waals surface area contributed by atoms with Crippen LogP contribution in [-0.2, 0) is 15.9 Å². The zero-order chi connectivity index (χ0) is 39.8. The molecule has 2 aromatic rings. The van der Waals surface area contributed by atoms with E-state index in [0.29, 0.717) is 41.7 Å². The van der Waals surface area contributed by atoms with Gasteiger partial charge in [0.05, 0.1) is 26.3 Å². The number of likely N-dealkylation sites (tertiary alicyclic amines) is 2. The van der Waals surface area contributed by atoms with Gasteiger partial charge in [0.2, 0.25) is 5.15 Å². The highest BCUT2D eigenvalue weighted by Crippen LogP contribution is 2.27. The smallest absolute Gasteiger partial charge is 0.409 e. The van der Waals surface area contributed by atoms with E-state index in [1.165, 1.54) is 24.3 Å². The number of halogens is 4. The molecule has 2 N–H and O–H groups in total. The van der Waals surface area contributed by atoms with Gasteiger partial charge in [-0.05, 0) is 76.7 Å². The van der Waals surface area contributed by atoms with Crippen LogP contribution in [0.2, 0.25) is 15.5 Å². The van der Waals surface area contributed by atoms with Crippen LogP contribution in [0.15, 0.2) is 24.3 Å². The number of aromatic nitrogens is 2. The maximum atomic E-state index is 11.6. The molecule has 2 amide bonds. The summed E-state index contributed by atoms with van der Waals surface area (Å²) in [6, 6.07) is 5.59. The van der Waals surface area contributed by atoms with Gasteiger partial charge in [-0.25, -0.2) is 19.6 Å². The lowest BCUT2D eigenvalue weighted by molar-refractivity contribution is -0.386. The summed E-state index contributed by atoms with van der Waals surface area (Å²) in [7, 11) is 0. The average molecular weight is 943 g/mol. The Morgan fingerprint density at radius 1 is 0.885 bits per heavy atom. The number of amides is 2. The number of rotatable bonds is 6. The third-order valence-corrected chi connectivity index (χ3v) is 7.49. The fraction of sp³-hybridized carbons (Fsp3) is 0.613. The fourth-order valence-corrected chi connectivity index (χ4v) is 5.01. The monoisotopic (exact) mass is 941 g/mol. The Balaban J connectivity index is 0.000000734. The Hall–Kier alpha value is -2.10. The molecule has 2 aliphatic rings. The van der Waals surface area contributed by atoms with E-state index in [1.54, 1.807) is 16.7 Å². The van der Waals surface area contributed by atoms with E-state index in [2.05, 4.69) is 57.8 Å². The normalized spacial score (nSPS) is 14.7. The molecule has 1 unspecified atom stereocenters. The number of carbonyl (C=O) groups excluding carboxylic acids is 2. The van der Waals surface area contributed by atoms with E-state index >= 15 is 0 Å². The van der Waals surface area contributed by atoms with Crippen LogP contribution in [-0.4, -0.2) is 96.2 Å². The second-order valence-electron chi connectivity index (χ2n) is 10.8. The average Bonchev–Trinajstić information content (AvgIpc) is 3.06. The third kappa shape index (κ3) is 21.6. The van der Waals surface area contributed by atoms with Crippen molar-refractivity contribution in [1.29, 1.82) is 0 Å². The third-order valence-electron chi connectivity index (χ3n) is 6.79. The minimum Gasteiger partial charge on any atom is -0.450 e. The van der Waals surface area contributed by atoms with Crippen LogP contribution >= 0.6 is 82.7 Å². The van der Waals surface area contributed by atoms with Crippen LogP contribution < -0.4 is 5.73 Å². The highest BCUT2D eigenvalue weighted by Gasteiger charge is 2.27. The van der Waals surface area contributed by atoms with Crippen LogP contribution in [0, 0.1) is 26.1 Å². The number of hydrogen-bond donors (Lipinski definition) is 3. The van der Waals surface area contributed by atoms with Gasteiger partial charge >= 0.3 is 17.9 Å². The summed E-state index contributed by atoms with van der Waals surface area (Å²) in [5.41, 5.74) is 5.86. The van der Waals surface area contributed by atoms with Crippen molar-refractivity contribution in [2.75, 3.05) is 45.1 Å². The van der Waals surface area contributed by atoms with Crippen molar-refractivity contribution in [2.24, 2.45) is 11.7 Å². The van der Waals surface area contributed by atoms with Crippen LogP contribution in [0.25, 0.3) is 0 Å². The minimum atomic E-state index is -0.619. The summed E-state index contributed by atoms with van der Waals surface area (Å²) in [6.45, 7) is 11.1. The van der Waals surface area contributed by atoms with E-state index in [4.69, 9.17) is 50.0 Å². The summed E-state index contributed by atoms with van der Waals surface area (Å²) in [5, 5.41) is 21.4. The molecule has 0 aliphatic carbocycles. The topological polar surface area (TPSA) is 197 Å². The summed E-state index contributed by atoms with van der Waals surface area (Å²) in [5.74, 6) is 1.19. The molecule has 2 aromatic heterocycles. The van der Waals surface area contributed by atoms with Crippen molar-refractivity contribution in [3.05, 3.63) is 65.6 Å². The van der Waals surface area contributed by atoms with Crippen molar-refractivity contribution in [2.45, 2.75) is 69.1 Å². The van der Waals surface area contributed by atoms with Crippen molar-refractivity contribution in [1.82, 2.24) is 19.8 Å². The first kappa shape index (κ1) is 49.9. The van der Waals surface area contributed by atoms with Gasteiger partial charge in [-0.3, -0.25) is 20.2 Å². The van der Waals surface area contributed by atoms with Gasteiger partial charge in [-0.1, -0.05) is 64.3 Å². The standard InChI is InChI=1S/C14H18ClN3O4.C8H16N2O2.C5H2Cl2N2O2.C2H5IS.C2H6S/c1-2-22-14(19)17-7-5-10(6-8-17)9-11-12(18(20)21)3-4-13(15)16-11;1-2-12-8(11)10-5-3-7(9)4-6-10;6-4-2-1-3(9(10)11)5(7)8-4;1-2(3)4;1-2-3/h3-4,10H,2,5-9H2,1H3;7H,2-6,9H2,1H3;1-2H;2,4H,1H3;3H,2H2,1H3. The van der Waals surface area contributed by atoms with Gasteiger partial charge in [0.15, 0.2) is 0 Å². The maximum absolute atomic E-state index is 11.6. The molecule has 0 radical (unpaired) electrons. The maximum Gasteiger partial charge on any atom is 0.409 e. The van der Waals surface area contributed by atoms with Gasteiger partial charge in [0.25, 0.3) is 5.69 Å². The summed E-state index contributed by atoms with van der Waals surface area (Å²) < 4.78 is 10.3. The number of hydrogen-bond acceptors (Lipinski definition) is 13. The molecule has 0 bridgehead atoms. The van der Waals surface area contributed by atoms with E-state index in [1.807, 2.05) is 20.8 Å². The molecule has 21 heteroatoms. The number of nitrogens with zero attached hydrogens (tertiary/aromatic N) is 6. The number of thiol groups is 2. The molecular formula is C31H47Cl3IN7O8S2. The summed E-state index contributed by atoms with van der Waals surface area (Å²) in [6.07, 6.45) is 3.30. The summed E-state index contributed by atoms with van der Waals surface area (Å²) in [4.78, 5) is 53.9. The van der Waals surface area contributed by atoms with E-state index in [0.717, 1.165) is 44.5 Å². The Morgan fingerprint density at radius 2 is 1.27 bits per heavy atom. The molecule has 2 aliphatic heterocycles. The van der Waals surface area contributed by atoms with Crippen molar-refractivity contribution >= 4 is 106 Å². The first-order valence-electron chi connectivity index (χ1n) is 16.3. The number of carbonyl (C=O) groups is 2. The lowest BCUT2D eigenvalue weighted by atomic mass is 9.91. The largest absolute Gasteiger partial charge is 0.450 e. The molecule has 4 rings (SSSR count). The lowest BCUT2D eigenvalue weighted by Gasteiger charge is -2.31. The molecule has 1 atom stereocenters. The molecule has 0 saturated carbocycles. The van der Waals surface area contributed by atoms with Crippen LogP contribution in [0.1, 0.15) is 59.1 Å². The molecule has 294 valence electrons. The highest BCUT2D eigenvalue weighted by molar-refractivity contribution is 14.1. The second-order valence-corrected chi connectivity index (χ2v) is 16.2. The predicted molar refractivity (Wildman–Crippen MR) is 220 cm³/mol. The number of pyridine rings is 2. The van der Waals surface area contributed by atoms with Crippen molar-refractivity contribution < 1.29 is 28.9 Å². The Labute approximate surface area is 344 Å². The van der Waals surface area contributed by atoms with Crippen LogP contribution in [0.5, 0.6) is 0 Å². The molecule has 4 heterocycles. The van der Waals surface area contributed by atoms with Gasteiger partial charge in [0.1, 0.15) is 16.0 Å². The zero-order valence-electron chi connectivity index (χ0n) is 29.5. The van der Waals surface area contributed by atoms with Crippen LogP contribution in [0.4, 0.5) is 21.0 Å². The first-order valence-corrected chi connectivity index (χ1v) is 19.8. The molecule has 52 heavy (non-hydrogen) atoms. The van der Waals surface area contributed by atoms with E-state index in [-0.39, 0.29) is 51.0 Å². The Kier molecular flexibility index (Phi) is 27.2. The molecule has 0 spiro atoms. The SMILES string of the molecule is CC(S)I.CCOC(=O)N1CCC(Cc2nc(Cl)ccc2[N+](=O)[O-])CC1.CCOC(=O)N1CCC(N)CC1.CCS.O=[N+]([O-])c1ccc(Cl)nc1Cl. The van der Waals surface area contributed by atoms with Gasteiger partial charge in [-0.15, -0.1) is 0 Å². The van der Waals surface area contributed by atoms with Crippen molar-refractivity contribution in [3.63, 3.8) is 0 Å². The fourth-order valence-electron chi connectivity index (χ4n) is 4.43. The zero-order valence-corrected chi connectivity index (χ0v) is 35.7. The Morgan fingerprint density at radius 3 is 1.65 bits per heavy atom. The molecule has 15 nitrogen and oxygen atoms in total. The number of alkyl halides is 1. The number of nitro groups is 2. The molecule has 0 aromatic carbocycles. The van der Waals surface area contributed by atoms with Crippen LogP contribution in [0.3, 0.4) is 0 Å². The quantitative estimate of drug-likeness (QED) is 0.0627. The molecule has 2 saturated heterocycles. The molecular weight excluding hydrogens is 896 g/mol. The molecule has 2 fully saturated rings. The minimum absolute atomic E-state index is 0.00257. The van der Waals surface area contributed by atoms with Crippen molar-refractivity contribution in [3.8, 4) is 0 Å². The highest BCUT2D eigenvalue weighted by atomic mass is 127. The lowest BCUT2D eigenvalue weighted by Crippen LogP contribution is -2.43. The Bertz CT molecular complexity index is 1390. The van der Waals surface area contributed by atoms with Gasteiger partial charge in [-0.2, -0.15) is 25.3 Å². The summed E-state index contributed by atoms with van der Waals surface area (Å²) >= 11 is 26.6. The van der Waals surface area contributed by atoms with Gasteiger partial charge in [0, 0.05) is 44.4 Å². The van der Waals surface area contributed by atoms with E-state index < -0.39 is 9.85 Å². The van der Waals surface area contributed by atoms with E-state index in [9.17, 15) is 29.8 Å². The number of ether oxygens (including phenoxy) is 2.